The summed E-state index contributed by atoms with van der Waals surface area (Å²) >= 11 is 0. The van der Waals surface area contributed by atoms with Crippen LogP contribution < -0.4 is 0 Å². The molecule has 0 unspecified atom stereocenters. The number of hydrogen-bond donors (Lipinski definition) is 1. The summed E-state index contributed by atoms with van der Waals surface area (Å²) in [6, 6.07) is 0. The Morgan fingerprint density at radius 1 is 1.83 bits per heavy atom. The molecule has 0 aromatic carbocycles. The molecule has 1 aromatic heterocycles. The van der Waals surface area contributed by atoms with Gasteiger partial charge >= 0.3 is 5.97 Å². The summed E-state index contributed by atoms with van der Waals surface area (Å²) in [6.07, 6.45) is 2.35. The van der Waals surface area contributed by atoms with Gasteiger partial charge in [0.15, 0.2) is 0 Å². The van der Waals surface area contributed by atoms with Crippen LogP contribution in [0.5, 0.6) is 0 Å². The van der Waals surface area contributed by atoms with Crippen molar-refractivity contribution < 1.29 is 9.90 Å². The van der Waals surface area contributed by atoms with Crippen LogP contribution in [0.2, 0.25) is 0 Å². The summed E-state index contributed by atoms with van der Waals surface area (Å²) in [5.74, 6) is -0.814. The summed E-state index contributed by atoms with van der Waals surface area (Å²) in [4.78, 5) is 10.5. The van der Waals surface area contributed by atoms with E-state index in [9.17, 15) is 4.79 Å². The fourth-order valence-corrected chi connectivity index (χ4v) is 1.43. The van der Waals surface area contributed by atoms with E-state index in [4.69, 9.17) is 5.11 Å². The maximum Gasteiger partial charge on any atom is 0.307 e. The van der Waals surface area contributed by atoms with Gasteiger partial charge in [0.2, 0.25) is 0 Å². The molecule has 1 fully saturated rings. The van der Waals surface area contributed by atoms with Gasteiger partial charge in [-0.1, -0.05) is 5.21 Å². The van der Waals surface area contributed by atoms with E-state index >= 15 is 0 Å². The fourth-order valence-electron chi connectivity index (χ4n) is 1.43. The third kappa shape index (κ3) is 0.975. The Bertz CT molecular complexity index is 320. The van der Waals surface area contributed by atoms with Crippen LogP contribution in [-0.4, -0.2) is 26.1 Å². The summed E-state index contributed by atoms with van der Waals surface area (Å²) in [5, 5.41) is 16.1. The van der Waals surface area contributed by atoms with Gasteiger partial charge in [0.25, 0.3) is 0 Å². The highest BCUT2D eigenvalue weighted by molar-refractivity contribution is 5.74. The number of hydrogen-bond acceptors (Lipinski definition) is 3. The van der Waals surface area contributed by atoms with Crippen molar-refractivity contribution in [3.05, 3.63) is 11.9 Å². The summed E-state index contributed by atoms with van der Waals surface area (Å²) in [7, 11) is 1.78. The first kappa shape index (κ1) is 7.27. The van der Waals surface area contributed by atoms with Crippen LogP contribution in [0.1, 0.15) is 18.0 Å². The molecule has 0 saturated heterocycles. The predicted molar refractivity (Wildman–Crippen MR) is 39.5 cm³/mol. The van der Waals surface area contributed by atoms with Crippen LogP contribution in [0, 0.1) is 5.92 Å². The third-order valence-corrected chi connectivity index (χ3v) is 2.24. The number of carboxylic acid groups (broad SMARTS) is 1. The van der Waals surface area contributed by atoms with Crippen LogP contribution in [-0.2, 0) is 11.8 Å². The molecule has 0 amide bonds. The molecule has 0 spiro atoms. The monoisotopic (exact) mass is 167 g/mol. The van der Waals surface area contributed by atoms with Gasteiger partial charge in [-0.3, -0.25) is 9.48 Å². The van der Waals surface area contributed by atoms with Gasteiger partial charge in [0, 0.05) is 13.0 Å². The van der Waals surface area contributed by atoms with Crippen LogP contribution in [0.15, 0.2) is 6.20 Å². The van der Waals surface area contributed by atoms with Crippen molar-refractivity contribution in [2.24, 2.45) is 13.0 Å². The zero-order chi connectivity index (χ0) is 8.72. The average molecular weight is 167 g/mol. The fraction of sp³-hybridized carbons (Fsp3) is 0.571. The number of aliphatic carboxylic acids is 1. The Kier molecular flexibility index (Phi) is 1.39. The van der Waals surface area contributed by atoms with Crippen LogP contribution in [0.4, 0.5) is 0 Å². The molecule has 0 radical (unpaired) electrons. The van der Waals surface area contributed by atoms with Crippen LogP contribution in [0.25, 0.3) is 0 Å². The quantitative estimate of drug-likeness (QED) is 0.673. The minimum atomic E-state index is -0.721. The molecule has 1 aliphatic rings. The lowest BCUT2D eigenvalue weighted by atomic mass is 10.2. The first-order valence-corrected chi connectivity index (χ1v) is 3.77. The molecule has 1 aromatic rings. The topological polar surface area (TPSA) is 68.0 Å². The summed E-state index contributed by atoms with van der Waals surface area (Å²) < 4.78 is 1.63. The number of carboxylic acids is 1. The molecule has 5 heteroatoms. The van der Waals surface area contributed by atoms with E-state index in [-0.39, 0.29) is 11.8 Å². The highest BCUT2D eigenvalue weighted by Gasteiger charge is 2.45. The van der Waals surface area contributed by atoms with Gasteiger partial charge in [-0.2, -0.15) is 0 Å². The Labute approximate surface area is 69.0 Å². The zero-order valence-corrected chi connectivity index (χ0v) is 6.64. The molecule has 5 nitrogen and oxygen atoms in total. The Morgan fingerprint density at radius 2 is 2.58 bits per heavy atom. The van der Waals surface area contributed by atoms with E-state index in [1.165, 1.54) is 0 Å². The molecule has 0 bridgehead atoms. The highest BCUT2D eigenvalue weighted by Crippen LogP contribution is 2.46. The normalized spacial score (nSPS) is 27.1. The van der Waals surface area contributed by atoms with Crippen molar-refractivity contribution in [3.8, 4) is 0 Å². The lowest BCUT2D eigenvalue weighted by molar-refractivity contribution is -0.138. The van der Waals surface area contributed by atoms with E-state index in [2.05, 4.69) is 10.3 Å². The SMILES string of the molecule is Cn1nncc1[C@H]1C[C@@H]1C(=O)O. The molecule has 1 aliphatic carbocycles. The van der Waals surface area contributed by atoms with Crippen molar-refractivity contribution in [2.75, 3.05) is 0 Å². The van der Waals surface area contributed by atoms with Crippen molar-refractivity contribution in [3.63, 3.8) is 0 Å². The molecule has 1 saturated carbocycles. The minimum absolute atomic E-state index is 0.127. The number of nitrogens with zero attached hydrogens (tertiary/aromatic N) is 3. The molecular formula is C7H9N3O2. The number of rotatable bonds is 2. The second kappa shape index (κ2) is 2.30. The molecule has 2 rings (SSSR count). The second-order valence-corrected chi connectivity index (χ2v) is 3.07. The molecule has 12 heavy (non-hydrogen) atoms. The first-order valence-electron chi connectivity index (χ1n) is 3.77. The van der Waals surface area contributed by atoms with E-state index in [1.807, 2.05) is 0 Å². The van der Waals surface area contributed by atoms with Crippen molar-refractivity contribution in [1.29, 1.82) is 0 Å². The van der Waals surface area contributed by atoms with Gasteiger partial charge in [-0.25, -0.2) is 0 Å². The van der Waals surface area contributed by atoms with E-state index in [0.717, 1.165) is 12.1 Å². The number of aromatic nitrogens is 3. The number of aryl methyl sites for hydroxylation is 1. The lowest BCUT2D eigenvalue weighted by Gasteiger charge is -1.95. The molecule has 1 N–H and O–H groups in total. The summed E-state index contributed by atoms with van der Waals surface area (Å²) in [5.41, 5.74) is 0.919. The molecule has 1 heterocycles. The van der Waals surface area contributed by atoms with Crippen molar-refractivity contribution in [1.82, 2.24) is 15.0 Å². The maximum absolute atomic E-state index is 10.5. The van der Waals surface area contributed by atoms with E-state index < -0.39 is 5.97 Å². The minimum Gasteiger partial charge on any atom is -0.481 e. The third-order valence-electron chi connectivity index (χ3n) is 2.24. The van der Waals surface area contributed by atoms with E-state index in [1.54, 1.807) is 17.9 Å². The van der Waals surface area contributed by atoms with Gasteiger partial charge in [0.05, 0.1) is 17.8 Å². The highest BCUT2D eigenvalue weighted by atomic mass is 16.4. The van der Waals surface area contributed by atoms with Gasteiger partial charge in [-0.15, -0.1) is 5.10 Å². The maximum atomic E-state index is 10.5. The second-order valence-electron chi connectivity index (χ2n) is 3.07. The lowest BCUT2D eigenvalue weighted by Crippen LogP contribution is -2.02. The number of carbonyl (C=O) groups is 1. The van der Waals surface area contributed by atoms with Gasteiger partial charge in [-0.05, 0) is 6.42 Å². The predicted octanol–water partition coefficient (Wildman–Crippen LogP) is 0.00320. The van der Waals surface area contributed by atoms with E-state index in [0.29, 0.717) is 0 Å². The smallest absolute Gasteiger partial charge is 0.307 e. The van der Waals surface area contributed by atoms with Crippen molar-refractivity contribution >= 4 is 5.97 Å². The molecule has 64 valence electrons. The van der Waals surface area contributed by atoms with Crippen molar-refractivity contribution in [2.45, 2.75) is 12.3 Å². The molecule has 0 aliphatic heterocycles. The molecule has 2 atom stereocenters. The Balaban J connectivity index is 2.15. The average Bonchev–Trinajstić information content (AvgIpc) is 2.70. The first-order chi connectivity index (χ1) is 5.70. The standard InChI is InChI=1S/C7H9N3O2/c1-10-6(3-8-9-10)4-2-5(4)7(11)12/h3-5H,2H2,1H3,(H,11,12)/t4-,5-/m0/s1. The Morgan fingerprint density at radius 3 is 3.00 bits per heavy atom. The molecular weight excluding hydrogens is 158 g/mol. The van der Waals surface area contributed by atoms with Crippen LogP contribution in [0.3, 0.4) is 0 Å². The largest absolute Gasteiger partial charge is 0.481 e. The van der Waals surface area contributed by atoms with Crippen LogP contribution >= 0.6 is 0 Å². The van der Waals surface area contributed by atoms with Gasteiger partial charge < -0.3 is 5.11 Å². The zero-order valence-electron chi connectivity index (χ0n) is 6.64. The Hall–Kier alpha value is -1.39. The van der Waals surface area contributed by atoms with Gasteiger partial charge in [0.1, 0.15) is 0 Å². The summed E-state index contributed by atoms with van der Waals surface area (Å²) in [6.45, 7) is 0.